The Hall–Kier alpha value is -2.34. The van der Waals surface area contributed by atoms with Crippen molar-refractivity contribution in [2.75, 3.05) is 6.54 Å². The van der Waals surface area contributed by atoms with Crippen LogP contribution in [0.25, 0.3) is 11.3 Å². The van der Waals surface area contributed by atoms with E-state index in [0.29, 0.717) is 17.7 Å². The molecule has 1 aromatic heterocycles. The number of hydrogen-bond donors (Lipinski definition) is 3. The third kappa shape index (κ3) is 2.35. The highest BCUT2D eigenvalue weighted by atomic mass is 16.4. The second-order valence-corrected chi connectivity index (χ2v) is 6.01. The van der Waals surface area contributed by atoms with Crippen LogP contribution in [0.1, 0.15) is 23.5 Å². The Bertz CT molecular complexity index is 695. The molecular formula is C16H17N3O3. The third-order valence-corrected chi connectivity index (χ3v) is 4.50. The predicted octanol–water partition coefficient (Wildman–Crippen LogP) is 1.53. The first-order valence-corrected chi connectivity index (χ1v) is 7.48. The van der Waals surface area contributed by atoms with Crippen LogP contribution < -0.4 is 10.6 Å². The number of carbonyl (C=O) groups is 1. The van der Waals surface area contributed by atoms with Crippen LogP contribution in [0.4, 0.5) is 0 Å². The highest BCUT2D eigenvalue weighted by molar-refractivity contribution is 5.90. The van der Waals surface area contributed by atoms with E-state index in [-0.39, 0.29) is 23.6 Å². The summed E-state index contributed by atoms with van der Waals surface area (Å²) in [5.74, 6) is 1.17. The number of hydrogen-bond acceptors (Lipinski definition) is 5. The molecule has 3 atom stereocenters. The summed E-state index contributed by atoms with van der Waals surface area (Å²) in [6.07, 6.45) is 3.69. The molecule has 2 aromatic rings. The maximum atomic E-state index is 12.2. The molecule has 4 rings (SSSR count). The largest absolute Gasteiger partial charge is 0.508 e. The van der Waals surface area contributed by atoms with E-state index in [1.165, 1.54) is 6.20 Å². The summed E-state index contributed by atoms with van der Waals surface area (Å²) >= 11 is 0. The lowest BCUT2D eigenvalue weighted by Gasteiger charge is -2.23. The van der Waals surface area contributed by atoms with Gasteiger partial charge in [-0.25, -0.2) is 4.98 Å². The average Bonchev–Trinajstić information content (AvgIpc) is 3.24. The zero-order valence-corrected chi connectivity index (χ0v) is 12.0. The van der Waals surface area contributed by atoms with Crippen LogP contribution in [0.5, 0.6) is 5.75 Å². The summed E-state index contributed by atoms with van der Waals surface area (Å²) in [6.45, 7) is 1.06. The van der Waals surface area contributed by atoms with E-state index in [0.717, 1.165) is 24.9 Å². The van der Waals surface area contributed by atoms with E-state index < -0.39 is 0 Å². The molecule has 2 fully saturated rings. The number of nitrogens with zero attached hydrogens (tertiary/aromatic N) is 1. The lowest BCUT2D eigenvalue weighted by Crippen LogP contribution is -2.48. The third-order valence-electron chi connectivity index (χ3n) is 4.50. The van der Waals surface area contributed by atoms with Gasteiger partial charge in [0.2, 0.25) is 0 Å². The maximum absolute atomic E-state index is 12.2. The Balaban J connectivity index is 1.46. The maximum Gasteiger partial charge on any atom is 0.307 e. The van der Waals surface area contributed by atoms with Crippen LogP contribution in [0.3, 0.4) is 0 Å². The van der Waals surface area contributed by atoms with Crippen molar-refractivity contribution in [2.24, 2.45) is 5.92 Å². The van der Waals surface area contributed by atoms with Gasteiger partial charge in [0.05, 0.1) is 6.20 Å². The fourth-order valence-corrected chi connectivity index (χ4v) is 3.38. The lowest BCUT2D eigenvalue weighted by atomic mass is 10.1. The number of amides is 1. The number of benzene rings is 1. The Morgan fingerprint density at radius 3 is 2.82 bits per heavy atom. The zero-order valence-electron chi connectivity index (χ0n) is 12.0. The van der Waals surface area contributed by atoms with Crippen molar-refractivity contribution in [1.29, 1.82) is 0 Å². The van der Waals surface area contributed by atoms with Crippen molar-refractivity contribution in [3.8, 4) is 17.1 Å². The molecule has 6 heteroatoms. The number of aromatic nitrogens is 1. The smallest absolute Gasteiger partial charge is 0.307 e. The minimum absolute atomic E-state index is 0.0749. The number of fused-ring (bicyclic) bond motifs is 2. The van der Waals surface area contributed by atoms with Crippen molar-refractivity contribution in [3.63, 3.8) is 0 Å². The Labute approximate surface area is 127 Å². The van der Waals surface area contributed by atoms with Crippen molar-refractivity contribution >= 4 is 5.91 Å². The fraction of sp³-hybridized carbons (Fsp3) is 0.375. The SMILES string of the molecule is O=C(NC1CC2CNC1C2)c1ncc(-c2ccc(O)cc2)o1. The van der Waals surface area contributed by atoms with Gasteiger partial charge in [-0.1, -0.05) is 0 Å². The second kappa shape index (κ2) is 5.14. The van der Waals surface area contributed by atoms with Gasteiger partial charge in [-0.15, -0.1) is 0 Å². The van der Waals surface area contributed by atoms with E-state index in [1.807, 2.05) is 0 Å². The first kappa shape index (κ1) is 13.3. The molecule has 22 heavy (non-hydrogen) atoms. The molecule has 1 saturated carbocycles. The quantitative estimate of drug-likeness (QED) is 0.800. The summed E-state index contributed by atoms with van der Waals surface area (Å²) in [5, 5.41) is 15.7. The van der Waals surface area contributed by atoms with Crippen LogP contribution in [-0.4, -0.2) is 34.6 Å². The monoisotopic (exact) mass is 299 g/mol. The summed E-state index contributed by atoms with van der Waals surface area (Å²) in [4.78, 5) is 16.3. The van der Waals surface area contributed by atoms with Gasteiger partial charge in [-0.3, -0.25) is 4.79 Å². The first-order valence-electron chi connectivity index (χ1n) is 7.48. The summed E-state index contributed by atoms with van der Waals surface area (Å²) < 4.78 is 5.54. The Morgan fingerprint density at radius 2 is 2.14 bits per heavy atom. The van der Waals surface area contributed by atoms with Crippen LogP contribution in [0.2, 0.25) is 0 Å². The normalized spacial score (nSPS) is 26.3. The zero-order chi connectivity index (χ0) is 15.1. The highest BCUT2D eigenvalue weighted by Gasteiger charge is 2.40. The number of oxazole rings is 1. The molecule has 2 bridgehead atoms. The number of aromatic hydroxyl groups is 1. The van der Waals surface area contributed by atoms with Crippen LogP contribution in [-0.2, 0) is 0 Å². The van der Waals surface area contributed by atoms with Gasteiger partial charge in [-0.05, 0) is 49.6 Å². The summed E-state index contributed by atoms with van der Waals surface area (Å²) in [5.41, 5.74) is 0.769. The van der Waals surface area contributed by atoms with Gasteiger partial charge < -0.3 is 20.2 Å². The highest BCUT2D eigenvalue weighted by Crippen LogP contribution is 2.31. The number of carbonyl (C=O) groups excluding carboxylic acids is 1. The number of rotatable bonds is 3. The molecule has 3 unspecified atom stereocenters. The van der Waals surface area contributed by atoms with Gasteiger partial charge in [0, 0.05) is 17.6 Å². The van der Waals surface area contributed by atoms with Gasteiger partial charge in [-0.2, -0.15) is 0 Å². The lowest BCUT2D eigenvalue weighted by molar-refractivity contribution is 0.0894. The van der Waals surface area contributed by atoms with Crippen LogP contribution >= 0.6 is 0 Å². The molecule has 2 heterocycles. The Kier molecular flexibility index (Phi) is 3.11. The number of phenols is 1. The van der Waals surface area contributed by atoms with Crippen molar-refractivity contribution < 1.29 is 14.3 Å². The minimum Gasteiger partial charge on any atom is -0.508 e. The summed E-state index contributed by atoms with van der Waals surface area (Å²) in [6, 6.07) is 7.11. The van der Waals surface area contributed by atoms with Crippen LogP contribution in [0, 0.1) is 5.92 Å². The fourth-order valence-electron chi connectivity index (χ4n) is 3.38. The molecule has 1 aliphatic carbocycles. The molecule has 1 aliphatic heterocycles. The van der Waals surface area contributed by atoms with E-state index in [2.05, 4.69) is 15.6 Å². The molecule has 1 aromatic carbocycles. The second-order valence-electron chi connectivity index (χ2n) is 6.01. The van der Waals surface area contributed by atoms with Gasteiger partial charge in [0.15, 0.2) is 5.76 Å². The molecule has 0 spiro atoms. The first-order chi connectivity index (χ1) is 10.7. The molecule has 114 valence electrons. The standard InChI is InChI=1S/C16H17N3O3/c20-11-3-1-10(2-4-11)14-8-18-16(22-14)15(21)19-13-6-9-5-12(13)17-7-9/h1-4,8-9,12-13,17,20H,5-7H2,(H,19,21). The molecule has 3 N–H and O–H groups in total. The molecule has 2 aliphatic rings. The van der Waals surface area contributed by atoms with E-state index in [4.69, 9.17) is 4.42 Å². The predicted molar refractivity (Wildman–Crippen MR) is 79.4 cm³/mol. The van der Waals surface area contributed by atoms with Gasteiger partial charge >= 0.3 is 5.91 Å². The number of nitrogens with one attached hydrogen (secondary N) is 2. The molecule has 0 radical (unpaired) electrons. The Morgan fingerprint density at radius 1 is 1.32 bits per heavy atom. The van der Waals surface area contributed by atoms with Crippen molar-refractivity contribution in [1.82, 2.24) is 15.6 Å². The topological polar surface area (TPSA) is 87.4 Å². The minimum atomic E-state index is -0.274. The van der Waals surface area contributed by atoms with Crippen molar-refractivity contribution in [3.05, 3.63) is 36.4 Å². The van der Waals surface area contributed by atoms with E-state index >= 15 is 0 Å². The molecular weight excluding hydrogens is 282 g/mol. The van der Waals surface area contributed by atoms with E-state index in [9.17, 15) is 9.90 Å². The number of phenolic OH excluding ortho intramolecular Hbond substituents is 1. The van der Waals surface area contributed by atoms with Crippen molar-refractivity contribution in [2.45, 2.75) is 24.9 Å². The molecule has 1 amide bonds. The molecule has 6 nitrogen and oxygen atoms in total. The average molecular weight is 299 g/mol. The van der Waals surface area contributed by atoms with Gasteiger partial charge in [0.25, 0.3) is 5.89 Å². The van der Waals surface area contributed by atoms with Gasteiger partial charge in [0.1, 0.15) is 5.75 Å². The molecule has 1 saturated heterocycles. The van der Waals surface area contributed by atoms with E-state index in [1.54, 1.807) is 24.3 Å². The summed E-state index contributed by atoms with van der Waals surface area (Å²) in [7, 11) is 0. The van der Waals surface area contributed by atoms with Crippen LogP contribution in [0.15, 0.2) is 34.9 Å². The number of piperidine rings is 1.